The van der Waals surface area contributed by atoms with Gasteiger partial charge in [-0.15, -0.1) is 12.4 Å². The molecule has 0 amide bonds. The molecule has 0 aromatic heterocycles. The van der Waals surface area contributed by atoms with Crippen molar-refractivity contribution in [2.24, 2.45) is 16.7 Å². The van der Waals surface area contributed by atoms with Crippen molar-refractivity contribution in [2.45, 2.75) is 46.0 Å². The van der Waals surface area contributed by atoms with Crippen LogP contribution in [-0.2, 0) is 0 Å². The summed E-state index contributed by atoms with van der Waals surface area (Å²) in [6, 6.07) is 0. The van der Waals surface area contributed by atoms with Crippen molar-refractivity contribution in [3.8, 4) is 0 Å². The van der Waals surface area contributed by atoms with E-state index in [1.807, 2.05) is 0 Å². The first kappa shape index (κ1) is 14.6. The standard InChI is InChI=1S/C15H28N2.ClH/c1-13-4-9-17(12-15(13)5-3-6-15)11-14(2)7-8-16-10-14;/h13,16H,3-12H2,1-2H3;1H. The van der Waals surface area contributed by atoms with E-state index >= 15 is 0 Å². The molecule has 1 N–H and O–H groups in total. The highest BCUT2D eigenvalue weighted by molar-refractivity contribution is 5.85. The van der Waals surface area contributed by atoms with E-state index in [0.29, 0.717) is 5.41 Å². The van der Waals surface area contributed by atoms with Crippen LogP contribution in [0.3, 0.4) is 0 Å². The van der Waals surface area contributed by atoms with Gasteiger partial charge in [-0.1, -0.05) is 20.3 Å². The monoisotopic (exact) mass is 272 g/mol. The number of hydrogen-bond donors (Lipinski definition) is 1. The SMILES string of the molecule is CC1CCN(CC2(C)CCNC2)CC12CCC2.Cl. The molecule has 2 atom stereocenters. The third-order valence-electron chi connectivity index (χ3n) is 5.87. The van der Waals surface area contributed by atoms with Crippen molar-refractivity contribution in [1.82, 2.24) is 10.2 Å². The van der Waals surface area contributed by atoms with Crippen molar-refractivity contribution in [2.75, 3.05) is 32.7 Å². The third kappa shape index (κ3) is 2.57. The lowest BCUT2D eigenvalue weighted by molar-refractivity contribution is -0.0387. The lowest BCUT2D eigenvalue weighted by Crippen LogP contribution is -2.53. The summed E-state index contributed by atoms with van der Waals surface area (Å²) in [5, 5.41) is 3.53. The van der Waals surface area contributed by atoms with Crippen LogP contribution in [0, 0.1) is 16.7 Å². The largest absolute Gasteiger partial charge is 0.316 e. The summed E-state index contributed by atoms with van der Waals surface area (Å²) >= 11 is 0. The van der Waals surface area contributed by atoms with Gasteiger partial charge in [0.2, 0.25) is 0 Å². The number of nitrogens with one attached hydrogen (secondary N) is 1. The van der Waals surface area contributed by atoms with E-state index in [4.69, 9.17) is 0 Å². The molecule has 2 saturated heterocycles. The van der Waals surface area contributed by atoms with Gasteiger partial charge in [-0.2, -0.15) is 0 Å². The summed E-state index contributed by atoms with van der Waals surface area (Å²) in [7, 11) is 0. The van der Waals surface area contributed by atoms with Crippen LogP contribution >= 0.6 is 12.4 Å². The molecule has 1 aliphatic carbocycles. The third-order valence-corrected chi connectivity index (χ3v) is 5.87. The molecule has 0 radical (unpaired) electrons. The fourth-order valence-corrected chi connectivity index (χ4v) is 4.32. The smallest absolute Gasteiger partial charge is 0.00482 e. The molecule has 3 aliphatic rings. The molecule has 1 saturated carbocycles. The normalized spacial score (nSPS) is 39.3. The van der Waals surface area contributed by atoms with E-state index in [2.05, 4.69) is 24.1 Å². The van der Waals surface area contributed by atoms with Crippen molar-refractivity contribution < 1.29 is 0 Å². The first-order valence-corrected chi connectivity index (χ1v) is 7.55. The van der Waals surface area contributed by atoms with Crippen LogP contribution in [0.1, 0.15) is 46.0 Å². The van der Waals surface area contributed by atoms with Crippen LogP contribution in [0.5, 0.6) is 0 Å². The van der Waals surface area contributed by atoms with Crippen molar-refractivity contribution >= 4 is 12.4 Å². The molecular formula is C15H29ClN2. The zero-order chi connectivity index (χ0) is 11.9. The molecular weight excluding hydrogens is 244 g/mol. The Morgan fingerprint density at radius 3 is 2.61 bits per heavy atom. The van der Waals surface area contributed by atoms with E-state index in [0.717, 1.165) is 11.3 Å². The van der Waals surface area contributed by atoms with Crippen LogP contribution < -0.4 is 5.32 Å². The zero-order valence-electron chi connectivity index (χ0n) is 12.0. The van der Waals surface area contributed by atoms with Gasteiger partial charge in [0, 0.05) is 19.6 Å². The van der Waals surface area contributed by atoms with E-state index in [1.165, 1.54) is 64.8 Å². The Labute approximate surface area is 118 Å². The van der Waals surface area contributed by atoms with Gasteiger partial charge >= 0.3 is 0 Å². The molecule has 3 heteroatoms. The molecule has 1 spiro atoms. The molecule has 3 fully saturated rings. The van der Waals surface area contributed by atoms with Crippen molar-refractivity contribution in [3.63, 3.8) is 0 Å². The van der Waals surface area contributed by atoms with Crippen molar-refractivity contribution in [1.29, 1.82) is 0 Å². The second kappa shape index (κ2) is 5.30. The lowest BCUT2D eigenvalue weighted by atomic mass is 9.59. The number of nitrogens with zero attached hydrogens (tertiary/aromatic N) is 1. The van der Waals surface area contributed by atoms with E-state index in [9.17, 15) is 0 Å². The zero-order valence-corrected chi connectivity index (χ0v) is 12.8. The average molecular weight is 273 g/mol. The fourth-order valence-electron chi connectivity index (χ4n) is 4.32. The first-order valence-electron chi connectivity index (χ1n) is 7.55. The van der Waals surface area contributed by atoms with Gasteiger partial charge in [0.15, 0.2) is 0 Å². The van der Waals surface area contributed by atoms with Crippen molar-refractivity contribution in [3.05, 3.63) is 0 Å². The predicted octanol–water partition coefficient (Wildman–Crippen LogP) is 2.92. The average Bonchev–Trinajstić information content (AvgIpc) is 2.66. The Hall–Kier alpha value is 0.210. The second-order valence-corrected chi connectivity index (χ2v) is 7.35. The minimum Gasteiger partial charge on any atom is -0.316 e. The van der Waals surface area contributed by atoms with Gasteiger partial charge in [0.1, 0.15) is 0 Å². The summed E-state index contributed by atoms with van der Waals surface area (Å²) in [6.45, 7) is 11.5. The minimum absolute atomic E-state index is 0. The molecule has 2 nitrogen and oxygen atoms in total. The van der Waals surface area contributed by atoms with E-state index in [1.54, 1.807) is 0 Å². The summed E-state index contributed by atoms with van der Waals surface area (Å²) in [5.41, 5.74) is 1.27. The summed E-state index contributed by atoms with van der Waals surface area (Å²) < 4.78 is 0. The Balaban J connectivity index is 0.00000120. The highest BCUT2D eigenvalue weighted by Crippen LogP contribution is 2.51. The molecule has 106 valence electrons. The first-order chi connectivity index (χ1) is 8.12. The highest BCUT2D eigenvalue weighted by atomic mass is 35.5. The summed E-state index contributed by atoms with van der Waals surface area (Å²) in [6.07, 6.45) is 7.28. The maximum atomic E-state index is 3.53. The van der Waals surface area contributed by atoms with Gasteiger partial charge in [-0.25, -0.2) is 0 Å². The van der Waals surface area contributed by atoms with Gasteiger partial charge < -0.3 is 10.2 Å². The minimum atomic E-state index is 0. The molecule has 0 aromatic carbocycles. The Morgan fingerprint density at radius 1 is 1.28 bits per heavy atom. The van der Waals surface area contributed by atoms with Crippen LogP contribution in [-0.4, -0.2) is 37.6 Å². The van der Waals surface area contributed by atoms with Gasteiger partial charge in [-0.05, 0) is 55.5 Å². The number of halogens is 1. The molecule has 0 aromatic rings. The number of rotatable bonds is 2. The van der Waals surface area contributed by atoms with Gasteiger partial charge in [0.25, 0.3) is 0 Å². The number of hydrogen-bond acceptors (Lipinski definition) is 2. The van der Waals surface area contributed by atoms with Gasteiger partial charge in [0.05, 0.1) is 0 Å². The Morgan fingerprint density at radius 2 is 2.06 bits per heavy atom. The van der Waals surface area contributed by atoms with Crippen LogP contribution in [0.25, 0.3) is 0 Å². The second-order valence-electron chi connectivity index (χ2n) is 7.35. The molecule has 2 heterocycles. The maximum Gasteiger partial charge on any atom is 0.00482 e. The number of piperidine rings is 1. The van der Waals surface area contributed by atoms with Gasteiger partial charge in [-0.3, -0.25) is 0 Å². The Bertz CT molecular complexity index is 280. The molecule has 18 heavy (non-hydrogen) atoms. The molecule has 2 unspecified atom stereocenters. The van der Waals surface area contributed by atoms with E-state index in [-0.39, 0.29) is 12.4 Å². The summed E-state index contributed by atoms with van der Waals surface area (Å²) in [5.74, 6) is 0.974. The maximum absolute atomic E-state index is 3.53. The van der Waals surface area contributed by atoms with Crippen LogP contribution in [0.15, 0.2) is 0 Å². The number of likely N-dealkylation sites (tertiary alicyclic amines) is 1. The Kier molecular flexibility index (Phi) is 4.30. The topological polar surface area (TPSA) is 15.3 Å². The molecule has 3 rings (SSSR count). The van der Waals surface area contributed by atoms with Crippen LogP contribution in [0.4, 0.5) is 0 Å². The molecule has 0 bridgehead atoms. The quantitative estimate of drug-likeness (QED) is 0.832. The fraction of sp³-hybridized carbons (Fsp3) is 1.00. The van der Waals surface area contributed by atoms with Crippen LogP contribution in [0.2, 0.25) is 0 Å². The summed E-state index contributed by atoms with van der Waals surface area (Å²) in [4.78, 5) is 2.78. The van der Waals surface area contributed by atoms with E-state index < -0.39 is 0 Å². The predicted molar refractivity (Wildman–Crippen MR) is 79.3 cm³/mol. The molecule has 2 aliphatic heterocycles. The lowest BCUT2D eigenvalue weighted by Gasteiger charge is -2.54. The highest BCUT2D eigenvalue weighted by Gasteiger charge is 2.46.